The van der Waals surface area contributed by atoms with Gasteiger partial charge in [-0.2, -0.15) is 8.42 Å². The Kier molecular flexibility index (Phi) is 3.34. The molecule has 7 heteroatoms. The second-order valence-electron chi connectivity index (χ2n) is 4.19. The van der Waals surface area contributed by atoms with Crippen LogP contribution in [0, 0.1) is 0 Å². The molecule has 2 aliphatic rings. The highest BCUT2D eigenvalue weighted by molar-refractivity contribution is 7.85. The number of H-pyrrole nitrogens is 1. The summed E-state index contributed by atoms with van der Waals surface area (Å²) < 4.78 is 31.2. The number of aromatic nitrogens is 1. The van der Waals surface area contributed by atoms with Crippen LogP contribution in [0.2, 0.25) is 0 Å². The fraction of sp³-hybridized carbons (Fsp3) is 0. The van der Waals surface area contributed by atoms with Crippen LogP contribution in [0.5, 0.6) is 0 Å². The predicted octanol–water partition coefficient (Wildman–Crippen LogP) is 1.05. The second-order valence-corrected chi connectivity index (χ2v) is 5.58. The van der Waals surface area contributed by atoms with Crippen LogP contribution in [0.15, 0.2) is 52.2 Å². The van der Waals surface area contributed by atoms with Gasteiger partial charge in [-0.15, -0.1) is 0 Å². The Balaban J connectivity index is 0.00000147. The van der Waals surface area contributed by atoms with Crippen molar-refractivity contribution in [3.05, 3.63) is 52.7 Å². The van der Waals surface area contributed by atoms with Crippen LogP contribution in [0.1, 0.15) is 0 Å². The Hall–Kier alpha value is -2.22. The number of fused-ring (bicyclic) bond motifs is 2. The molecule has 0 radical (unpaired) electrons. The maximum absolute atomic E-state index is 12.1. The van der Waals surface area contributed by atoms with Gasteiger partial charge in [0, 0.05) is 16.8 Å². The molecule has 0 bridgehead atoms. The number of hydrogen-bond donors (Lipinski definition) is 2. The Morgan fingerprint density at radius 1 is 1.05 bits per heavy atom. The van der Waals surface area contributed by atoms with Crippen LogP contribution in [0.3, 0.4) is 0 Å². The summed E-state index contributed by atoms with van der Waals surface area (Å²) >= 11 is 0. The molecule has 1 aromatic rings. The first kappa shape index (κ1) is 14.2. The normalized spacial score (nSPS) is 11.4. The van der Waals surface area contributed by atoms with E-state index >= 15 is 0 Å². The van der Waals surface area contributed by atoms with Gasteiger partial charge >= 0.3 is 0 Å². The van der Waals surface area contributed by atoms with E-state index in [1.165, 1.54) is 6.07 Å². The highest BCUT2D eigenvalue weighted by Crippen LogP contribution is 2.23. The molecule has 20 heavy (non-hydrogen) atoms. The Morgan fingerprint density at radius 2 is 1.75 bits per heavy atom. The number of nitrogens with one attached hydrogen (secondary N) is 1. The summed E-state index contributed by atoms with van der Waals surface area (Å²) in [7, 11) is -4.50. The number of pyridine rings is 1. The van der Waals surface area contributed by atoms with Crippen LogP contribution in [-0.4, -0.2) is 23.4 Å². The van der Waals surface area contributed by atoms with Crippen LogP contribution >= 0.6 is 0 Å². The third-order valence-electron chi connectivity index (χ3n) is 2.97. The van der Waals surface area contributed by atoms with E-state index in [2.05, 4.69) is 4.98 Å². The molecule has 0 saturated heterocycles. The Bertz CT molecular complexity index is 914. The molecule has 1 aromatic carbocycles. The first-order chi connectivity index (χ1) is 8.97. The van der Waals surface area contributed by atoms with E-state index in [0.29, 0.717) is 5.69 Å². The van der Waals surface area contributed by atoms with Crippen molar-refractivity contribution in [3.63, 3.8) is 0 Å². The van der Waals surface area contributed by atoms with Crippen LogP contribution in [-0.2, 0) is 10.1 Å². The van der Waals surface area contributed by atoms with Gasteiger partial charge in [0.1, 0.15) is 4.90 Å². The first-order valence-electron chi connectivity index (χ1n) is 5.49. The zero-order chi connectivity index (χ0) is 13.6. The maximum atomic E-state index is 12.1. The molecule has 3 rings (SSSR count). The van der Waals surface area contributed by atoms with Gasteiger partial charge in [0.25, 0.3) is 10.1 Å². The van der Waals surface area contributed by atoms with Gasteiger partial charge in [0.05, 0.1) is 0 Å². The molecule has 1 aliphatic carbocycles. The van der Waals surface area contributed by atoms with Crippen LogP contribution in [0.4, 0.5) is 0 Å². The molecule has 0 unspecified atom stereocenters. The van der Waals surface area contributed by atoms with Crippen molar-refractivity contribution in [2.45, 2.75) is 4.90 Å². The van der Waals surface area contributed by atoms with Crippen molar-refractivity contribution in [2.75, 3.05) is 0 Å². The lowest BCUT2D eigenvalue weighted by molar-refractivity contribution is 0.482. The number of para-hydroxylation sites is 1. The summed E-state index contributed by atoms with van der Waals surface area (Å²) in [5, 5.41) is 0.791. The van der Waals surface area contributed by atoms with E-state index in [-0.39, 0.29) is 11.0 Å². The second kappa shape index (κ2) is 4.71. The molecule has 0 spiro atoms. The lowest BCUT2D eigenvalue weighted by Gasteiger charge is -2.08. The van der Waals surface area contributed by atoms with Gasteiger partial charge in [-0.05, 0) is 29.7 Å². The summed E-state index contributed by atoms with van der Waals surface area (Å²) in [5.41, 5.74) is 0.890. The van der Waals surface area contributed by atoms with E-state index in [4.69, 9.17) is 4.55 Å². The van der Waals surface area contributed by atoms with Crippen molar-refractivity contribution in [2.24, 2.45) is 0 Å². The van der Waals surface area contributed by atoms with Gasteiger partial charge in [-0.3, -0.25) is 9.35 Å². The Labute approximate surface area is 114 Å². The zero-order valence-electron chi connectivity index (χ0n) is 10.1. The maximum Gasteiger partial charge on any atom is 0.298 e. The van der Waals surface area contributed by atoms with Crippen molar-refractivity contribution < 1.29 is 18.4 Å². The number of benzene rings is 2. The SMILES string of the molecule is O.O=c1c2cc3ccccc3[nH]c-2ccc1S(=O)(=O)O. The minimum absolute atomic E-state index is 0. The van der Waals surface area contributed by atoms with Crippen molar-refractivity contribution >= 4 is 21.0 Å². The molecule has 0 amide bonds. The molecule has 0 saturated carbocycles. The minimum atomic E-state index is -4.50. The van der Waals surface area contributed by atoms with Crippen LogP contribution in [0.25, 0.3) is 22.2 Å². The van der Waals surface area contributed by atoms with E-state index < -0.39 is 20.4 Å². The topological polar surface area (TPSA) is 119 Å². The average molecular weight is 293 g/mol. The molecule has 1 aliphatic heterocycles. The van der Waals surface area contributed by atoms with E-state index in [9.17, 15) is 13.2 Å². The third kappa shape index (κ3) is 2.18. The molecule has 4 N–H and O–H groups in total. The lowest BCUT2D eigenvalue weighted by atomic mass is 10.1. The molecule has 0 fully saturated rings. The molecular weight excluding hydrogens is 282 g/mol. The molecule has 1 heterocycles. The van der Waals surface area contributed by atoms with Gasteiger partial charge in [-0.25, -0.2) is 0 Å². The lowest BCUT2D eigenvalue weighted by Crippen LogP contribution is -2.16. The number of hydrogen-bond acceptors (Lipinski definition) is 3. The zero-order valence-corrected chi connectivity index (χ0v) is 10.9. The molecule has 0 aromatic heterocycles. The molecule has 104 valence electrons. The summed E-state index contributed by atoms with van der Waals surface area (Å²) in [6, 6.07) is 11.5. The fourth-order valence-corrected chi connectivity index (χ4v) is 2.66. The highest BCUT2D eigenvalue weighted by atomic mass is 32.2. The smallest absolute Gasteiger partial charge is 0.298 e. The predicted molar refractivity (Wildman–Crippen MR) is 74.6 cm³/mol. The standard InChI is InChI=1S/C13H9NO4S.H2O/c15-13-9-7-8-3-1-2-4-10(8)14-11(9)5-6-12(13)19(16,17)18;/h1-7,14H,(H,16,17,18);1H2. The largest absolute Gasteiger partial charge is 0.412 e. The quantitative estimate of drug-likeness (QED) is 0.515. The average Bonchev–Trinajstić information content (AvgIpc) is 2.36. The summed E-state index contributed by atoms with van der Waals surface area (Å²) in [6.07, 6.45) is 0. The number of aromatic amines is 1. The van der Waals surface area contributed by atoms with E-state index in [1.807, 2.05) is 24.3 Å². The highest BCUT2D eigenvalue weighted by Gasteiger charge is 2.19. The minimum Gasteiger partial charge on any atom is -0.412 e. The third-order valence-corrected chi connectivity index (χ3v) is 3.85. The van der Waals surface area contributed by atoms with Crippen molar-refractivity contribution in [1.29, 1.82) is 0 Å². The van der Waals surface area contributed by atoms with Gasteiger partial charge < -0.3 is 10.5 Å². The van der Waals surface area contributed by atoms with Gasteiger partial charge in [-0.1, -0.05) is 18.2 Å². The van der Waals surface area contributed by atoms with Gasteiger partial charge in [0.15, 0.2) is 0 Å². The summed E-state index contributed by atoms with van der Waals surface area (Å²) in [5.74, 6) is 0. The summed E-state index contributed by atoms with van der Waals surface area (Å²) in [4.78, 5) is 14.5. The van der Waals surface area contributed by atoms with Crippen LogP contribution < -0.4 is 5.43 Å². The molecular formula is C13H11NO5S. The molecule has 0 atom stereocenters. The van der Waals surface area contributed by atoms with Gasteiger partial charge in [0.2, 0.25) is 5.43 Å². The molecule has 6 nitrogen and oxygen atoms in total. The van der Waals surface area contributed by atoms with Crippen molar-refractivity contribution in [1.82, 2.24) is 4.98 Å². The monoisotopic (exact) mass is 293 g/mol. The first-order valence-corrected chi connectivity index (χ1v) is 6.93. The summed E-state index contributed by atoms with van der Waals surface area (Å²) in [6.45, 7) is 0. The van der Waals surface area contributed by atoms with E-state index in [0.717, 1.165) is 17.0 Å². The fourth-order valence-electron chi connectivity index (χ4n) is 2.07. The van der Waals surface area contributed by atoms with E-state index in [1.54, 1.807) is 6.07 Å². The number of rotatable bonds is 1. The Morgan fingerprint density at radius 3 is 2.45 bits per heavy atom. The van der Waals surface area contributed by atoms with Crippen molar-refractivity contribution in [3.8, 4) is 11.3 Å².